The molecule has 6 heteroatoms. The lowest BCUT2D eigenvalue weighted by molar-refractivity contribution is -0.868. The van der Waals surface area contributed by atoms with Crippen LogP contribution in [0.5, 0.6) is 0 Å². The molecule has 0 amide bonds. The van der Waals surface area contributed by atoms with E-state index in [9.17, 15) is 0 Å². The van der Waals surface area contributed by atoms with Gasteiger partial charge in [0.15, 0.2) is 0 Å². The van der Waals surface area contributed by atoms with Gasteiger partial charge in [0.1, 0.15) is 0 Å². The minimum absolute atomic E-state index is 0.972. The van der Waals surface area contributed by atoms with E-state index in [0.29, 0.717) is 0 Å². The molecule has 0 heterocycles. The van der Waals surface area contributed by atoms with Crippen molar-refractivity contribution in [3.05, 3.63) is 0 Å². The average Bonchev–Trinajstić information content (AvgIpc) is 1.96. The van der Waals surface area contributed by atoms with Gasteiger partial charge in [-0.25, -0.2) is 0 Å². The lowest BCUT2D eigenvalue weighted by Crippen LogP contribution is -2.33. The molecule has 0 saturated carbocycles. The number of carboxylic acids is 2. The molecule has 0 atom stereocenters. The Morgan fingerprint density at radius 3 is 0.842 bits per heavy atom. The highest BCUT2D eigenvalue weighted by Crippen LogP contribution is 1.83. The van der Waals surface area contributed by atoms with Gasteiger partial charge in [0.25, 0.3) is 0 Å². The normalized spacial score (nSPS) is 9.58. The van der Waals surface area contributed by atoms with Gasteiger partial charge in [-0.15, -0.1) is 0 Å². The molecule has 0 aliphatic rings. The van der Waals surface area contributed by atoms with Gasteiger partial charge in [-0.2, -0.15) is 0 Å². The van der Waals surface area contributed by atoms with Crippen molar-refractivity contribution >= 4 is 11.9 Å². The number of nitrogens with zero attached hydrogens (tertiary/aromatic N) is 2. The molecule has 0 spiro atoms. The number of quaternary nitrogens is 2. The smallest absolute Gasteiger partial charge is 0.0751 e. The Hall–Kier alpha value is -1.14. The van der Waals surface area contributed by atoms with Gasteiger partial charge in [0.2, 0.25) is 0 Å². The van der Waals surface area contributed by atoms with Crippen LogP contribution >= 0.6 is 0 Å². The SMILES string of the molecule is CC(=O)[O-].CC(=O)[O-].CC[N+](C)(C)C.C[N+](C)(C)C. The predicted molar refractivity (Wildman–Crippen MR) is 73.9 cm³/mol. The zero-order valence-electron chi connectivity index (χ0n) is 14.2. The van der Waals surface area contributed by atoms with Gasteiger partial charge in [-0.05, 0) is 20.8 Å². The third-order valence-corrected chi connectivity index (χ3v) is 0.949. The maximum Gasteiger partial charge on any atom is 0.0751 e. The number of carbonyl (C=O) groups is 2. The van der Waals surface area contributed by atoms with Gasteiger partial charge < -0.3 is 28.8 Å². The summed E-state index contributed by atoms with van der Waals surface area (Å²) in [5.74, 6) is -2.17. The summed E-state index contributed by atoms with van der Waals surface area (Å²) in [5, 5.41) is 17.8. The van der Waals surface area contributed by atoms with Crippen LogP contribution in [0.25, 0.3) is 0 Å². The van der Waals surface area contributed by atoms with Crippen LogP contribution in [0.2, 0.25) is 0 Å². The Balaban J connectivity index is -0.0000000803. The highest BCUT2D eigenvalue weighted by Gasteiger charge is 1.97. The first-order chi connectivity index (χ1) is 8.02. The van der Waals surface area contributed by atoms with E-state index in [1.54, 1.807) is 0 Å². The monoisotopic (exact) mass is 280 g/mol. The fraction of sp³-hybridized carbons (Fsp3) is 0.846. The van der Waals surface area contributed by atoms with Crippen molar-refractivity contribution in [3.63, 3.8) is 0 Å². The summed E-state index contributed by atoms with van der Waals surface area (Å²) in [5.41, 5.74) is 0. The fourth-order valence-electron chi connectivity index (χ4n) is 0. The Bertz CT molecular complexity index is 202. The Kier molecular flexibility index (Phi) is 18.5. The molecule has 0 aliphatic heterocycles. The molecule has 0 bridgehead atoms. The number of carboxylic acid groups (broad SMARTS) is 2. The Morgan fingerprint density at radius 1 is 0.789 bits per heavy atom. The summed E-state index contributed by atoms with van der Waals surface area (Å²) in [7, 11) is 15.0. The minimum Gasteiger partial charge on any atom is -0.550 e. The molecule has 0 unspecified atom stereocenters. The van der Waals surface area contributed by atoms with Crippen molar-refractivity contribution in [2.75, 3.05) is 55.9 Å². The number of carbonyl (C=O) groups excluding carboxylic acids is 2. The second kappa shape index (κ2) is 13.3. The van der Waals surface area contributed by atoms with Crippen molar-refractivity contribution in [3.8, 4) is 0 Å². The average molecular weight is 280 g/mol. The largest absolute Gasteiger partial charge is 0.550 e. The molecule has 19 heavy (non-hydrogen) atoms. The zero-order chi connectivity index (χ0) is 16.9. The highest BCUT2D eigenvalue weighted by molar-refractivity contribution is 5.60. The molecule has 0 N–H and O–H groups in total. The van der Waals surface area contributed by atoms with E-state index in [0.717, 1.165) is 22.8 Å². The summed E-state index contributed by atoms with van der Waals surface area (Å²) in [6.45, 7) is 5.33. The third kappa shape index (κ3) is 1080. The summed E-state index contributed by atoms with van der Waals surface area (Å²) in [4.78, 5) is 17.8. The first kappa shape index (κ1) is 26.4. The quantitative estimate of drug-likeness (QED) is 0.550. The molecule has 0 saturated heterocycles. The van der Waals surface area contributed by atoms with Crippen LogP contribution in [-0.2, 0) is 9.59 Å². The van der Waals surface area contributed by atoms with Crippen molar-refractivity contribution in [1.29, 1.82) is 0 Å². The van der Waals surface area contributed by atoms with Gasteiger partial charge in [-0.3, -0.25) is 0 Å². The van der Waals surface area contributed by atoms with Crippen LogP contribution in [0.4, 0.5) is 0 Å². The first-order valence-electron chi connectivity index (χ1n) is 5.97. The number of hydrogen-bond donors (Lipinski definition) is 0. The van der Waals surface area contributed by atoms with E-state index >= 15 is 0 Å². The molecule has 0 aromatic rings. The summed E-state index contributed by atoms with van der Waals surface area (Å²) in [6.07, 6.45) is 0. The molecule has 0 aliphatic carbocycles. The van der Waals surface area contributed by atoms with Crippen LogP contribution in [-0.4, -0.2) is 76.8 Å². The fourth-order valence-corrected chi connectivity index (χ4v) is 0. The number of aliphatic carboxylic acids is 2. The summed E-state index contributed by atoms with van der Waals surface area (Å²) >= 11 is 0. The van der Waals surface area contributed by atoms with Crippen LogP contribution in [0.3, 0.4) is 0 Å². The molecule has 0 aromatic carbocycles. The number of rotatable bonds is 1. The van der Waals surface area contributed by atoms with E-state index < -0.39 is 11.9 Å². The van der Waals surface area contributed by atoms with Crippen molar-refractivity contribution in [1.82, 2.24) is 0 Å². The van der Waals surface area contributed by atoms with E-state index in [1.165, 1.54) is 6.54 Å². The van der Waals surface area contributed by atoms with E-state index in [1.807, 2.05) is 0 Å². The van der Waals surface area contributed by atoms with E-state index in [2.05, 4.69) is 56.3 Å². The van der Waals surface area contributed by atoms with Crippen LogP contribution in [0, 0.1) is 0 Å². The second-order valence-corrected chi connectivity index (χ2v) is 6.27. The summed E-state index contributed by atoms with van der Waals surface area (Å²) < 4.78 is 2.07. The predicted octanol–water partition coefficient (Wildman–Crippen LogP) is -1.45. The maximum absolute atomic E-state index is 8.89. The van der Waals surface area contributed by atoms with Gasteiger partial charge in [0.05, 0.1) is 55.9 Å². The Labute approximate surface area is 118 Å². The minimum atomic E-state index is -1.08. The highest BCUT2D eigenvalue weighted by atomic mass is 16.4. The molecule has 6 nitrogen and oxygen atoms in total. The lowest BCUT2D eigenvalue weighted by atomic mass is 10.6. The Morgan fingerprint density at radius 2 is 0.842 bits per heavy atom. The molecule has 118 valence electrons. The first-order valence-corrected chi connectivity index (χ1v) is 5.97. The van der Waals surface area contributed by atoms with Crippen molar-refractivity contribution in [2.45, 2.75) is 20.8 Å². The van der Waals surface area contributed by atoms with Gasteiger partial charge in [-0.1, -0.05) is 0 Å². The van der Waals surface area contributed by atoms with E-state index in [-0.39, 0.29) is 0 Å². The molecule has 0 aromatic heterocycles. The third-order valence-electron chi connectivity index (χ3n) is 0.949. The van der Waals surface area contributed by atoms with Gasteiger partial charge >= 0.3 is 0 Å². The topological polar surface area (TPSA) is 80.3 Å². The lowest BCUT2D eigenvalue weighted by Gasteiger charge is -2.20. The van der Waals surface area contributed by atoms with Crippen LogP contribution < -0.4 is 10.2 Å². The zero-order valence-corrected chi connectivity index (χ0v) is 14.2. The van der Waals surface area contributed by atoms with Crippen molar-refractivity contribution in [2.24, 2.45) is 0 Å². The number of hydrogen-bond acceptors (Lipinski definition) is 4. The standard InChI is InChI=1S/C5H14N.C4H12N.2C2H4O2/c1-5-6(2,3)4;1-5(2,3)4;2*1-2(3)4/h5H2,1-4H3;1-4H3;2*1H3,(H,3,4)/q2*+1;;/p-2. The van der Waals surface area contributed by atoms with Gasteiger partial charge in [0, 0.05) is 11.9 Å². The van der Waals surface area contributed by atoms with E-state index in [4.69, 9.17) is 19.8 Å². The molecule has 0 radical (unpaired) electrons. The molecule has 0 fully saturated rings. The van der Waals surface area contributed by atoms with Crippen LogP contribution in [0.1, 0.15) is 20.8 Å². The second-order valence-electron chi connectivity index (χ2n) is 6.27. The molecule has 0 rings (SSSR count). The maximum atomic E-state index is 8.89. The molecular formula is C13H32N2O4. The summed E-state index contributed by atoms with van der Waals surface area (Å²) in [6, 6.07) is 0. The van der Waals surface area contributed by atoms with Crippen LogP contribution in [0.15, 0.2) is 0 Å². The van der Waals surface area contributed by atoms with Crippen molar-refractivity contribution < 1.29 is 28.8 Å². The molecular weight excluding hydrogens is 248 g/mol.